The summed E-state index contributed by atoms with van der Waals surface area (Å²) in [5.41, 5.74) is 3.43. The second-order valence-electron chi connectivity index (χ2n) is 7.62. The monoisotopic (exact) mass is 411 g/mol. The molecule has 0 fully saturated rings. The summed E-state index contributed by atoms with van der Waals surface area (Å²) < 4.78 is 35.6. The maximum atomic E-state index is 14.2. The second-order valence-corrected chi connectivity index (χ2v) is 7.62. The van der Waals surface area contributed by atoms with Gasteiger partial charge in [-0.1, -0.05) is 6.07 Å². The number of hydrogen-bond acceptors (Lipinski definition) is 3. The number of benzene rings is 2. The minimum Gasteiger partial charge on any atom is -0.487 e. The number of amides is 1. The zero-order valence-corrected chi connectivity index (χ0v) is 16.9. The normalized spacial score (nSPS) is 15.0. The van der Waals surface area contributed by atoms with Gasteiger partial charge in [0, 0.05) is 36.7 Å². The minimum absolute atomic E-state index is 0.0942. The van der Waals surface area contributed by atoms with Gasteiger partial charge in [0.1, 0.15) is 23.5 Å². The van der Waals surface area contributed by atoms with Gasteiger partial charge in [0.25, 0.3) is 0 Å². The zero-order valence-electron chi connectivity index (χ0n) is 16.9. The molecule has 156 valence electrons. The van der Waals surface area contributed by atoms with Crippen LogP contribution in [0.5, 0.6) is 5.75 Å². The molecule has 1 atom stereocenters. The molecule has 0 spiro atoms. The zero-order chi connectivity index (χ0) is 21.3. The van der Waals surface area contributed by atoms with E-state index < -0.39 is 0 Å². The highest BCUT2D eigenvalue weighted by Gasteiger charge is 2.27. The Balaban J connectivity index is 1.40. The highest BCUT2D eigenvalue weighted by Crippen LogP contribution is 2.40. The van der Waals surface area contributed by atoms with Gasteiger partial charge in [-0.25, -0.2) is 8.78 Å². The number of rotatable bonds is 6. The number of fused-ring (bicyclic) bond motifs is 1. The number of aromatic nitrogens is 2. The second kappa shape index (κ2) is 8.26. The average Bonchev–Trinajstić information content (AvgIpc) is 3.31. The molecule has 5 nitrogen and oxygen atoms in total. The maximum Gasteiger partial charge on any atom is 0.221 e. The van der Waals surface area contributed by atoms with Crippen LogP contribution in [-0.2, 0) is 17.8 Å². The Bertz CT molecular complexity index is 1090. The molecule has 0 unspecified atom stereocenters. The van der Waals surface area contributed by atoms with E-state index in [1.54, 1.807) is 23.7 Å². The molecule has 3 aromatic rings. The van der Waals surface area contributed by atoms with Crippen molar-refractivity contribution in [2.45, 2.75) is 39.3 Å². The number of aryl methyl sites for hydroxylation is 3. The molecule has 1 amide bonds. The van der Waals surface area contributed by atoms with Crippen molar-refractivity contribution in [3.05, 3.63) is 71.1 Å². The van der Waals surface area contributed by atoms with Crippen LogP contribution in [0.1, 0.15) is 23.2 Å². The SMILES string of the molecule is Cc1ccn(CCC(=O)NC[C@H]2Cc3cc(F)cc(-c4ccc(F)c(C)c4)c3O2)n1. The lowest BCUT2D eigenvalue weighted by atomic mass is 9.99. The Morgan fingerprint density at radius 2 is 2.07 bits per heavy atom. The van der Waals surface area contributed by atoms with Crippen molar-refractivity contribution < 1.29 is 18.3 Å². The van der Waals surface area contributed by atoms with Gasteiger partial charge in [0.15, 0.2) is 0 Å². The molecule has 7 heteroatoms. The van der Waals surface area contributed by atoms with Crippen molar-refractivity contribution in [2.24, 2.45) is 0 Å². The fraction of sp³-hybridized carbons (Fsp3) is 0.304. The van der Waals surface area contributed by atoms with Crippen molar-refractivity contribution in [1.82, 2.24) is 15.1 Å². The molecule has 0 aliphatic carbocycles. The smallest absolute Gasteiger partial charge is 0.221 e. The van der Waals surface area contributed by atoms with E-state index in [2.05, 4.69) is 10.4 Å². The standard InChI is InChI=1S/C23H23F2N3O2/c1-14-9-16(3-4-21(14)25)20-12-18(24)10-17-11-19(30-23(17)20)13-26-22(29)6-8-28-7-5-15(2)27-28/h3-5,7,9-10,12,19H,6,8,11,13H2,1-2H3,(H,26,29)/t19-/m1/s1. The Morgan fingerprint density at radius 1 is 1.23 bits per heavy atom. The lowest BCUT2D eigenvalue weighted by molar-refractivity contribution is -0.121. The topological polar surface area (TPSA) is 56.2 Å². The van der Waals surface area contributed by atoms with Gasteiger partial charge in [-0.05, 0) is 55.3 Å². The summed E-state index contributed by atoms with van der Waals surface area (Å²) in [6.07, 6.45) is 2.37. The predicted octanol–water partition coefficient (Wildman–Crippen LogP) is 3.96. The number of ether oxygens (including phenoxy) is 1. The third kappa shape index (κ3) is 4.35. The quantitative estimate of drug-likeness (QED) is 0.668. The van der Waals surface area contributed by atoms with Crippen LogP contribution in [0, 0.1) is 25.5 Å². The number of carbonyl (C=O) groups excluding carboxylic acids is 1. The summed E-state index contributed by atoms with van der Waals surface area (Å²) in [6.45, 7) is 4.40. The van der Waals surface area contributed by atoms with Crippen molar-refractivity contribution in [3.8, 4) is 16.9 Å². The number of carbonyl (C=O) groups is 1. The molecule has 0 bridgehead atoms. The lowest BCUT2D eigenvalue weighted by Gasteiger charge is -2.14. The maximum absolute atomic E-state index is 14.2. The highest BCUT2D eigenvalue weighted by atomic mass is 19.1. The van der Waals surface area contributed by atoms with Crippen LogP contribution in [0.3, 0.4) is 0 Å². The number of hydrogen-bond donors (Lipinski definition) is 1. The largest absolute Gasteiger partial charge is 0.487 e. The molecular weight excluding hydrogens is 388 g/mol. The van der Waals surface area contributed by atoms with Crippen molar-refractivity contribution >= 4 is 5.91 Å². The highest BCUT2D eigenvalue weighted by molar-refractivity contribution is 5.76. The fourth-order valence-corrected chi connectivity index (χ4v) is 3.65. The van der Waals surface area contributed by atoms with Crippen LogP contribution in [0.15, 0.2) is 42.6 Å². The molecular formula is C23H23F2N3O2. The molecule has 0 radical (unpaired) electrons. The molecule has 0 saturated heterocycles. The lowest BCUT2D eigenvalue weighted by Crippen LogP contribution is -2.34. The molecule has 2 heterocycles. The molecule has 1 aliphatic rings. The van der Waals surface area contributed by atoms with Crippen LogP contribution in [0.2, 0.25) is 0 Å². The molecule has 4 rings (SSSR count). The molecule has 1 N–H and O–H groups in total. The van der Waals surface area contributed by atoms with Gasteiger partial charge in [-0.3, -0.25) is 9.48 Å². The van der Waals surface area contributed by atoms with Crippen molar-refractivity contribution in [3.63, 3.8) is 0 Å². The van der Waals surface area contributed by atoms with Gasteiger partial charge in [-0.2, -0.15) is 5.10 Å². The summed E-state index contributed by atoms with van der Waals surface area (Å²) in [5, 5.41) is 7.14. The van der Waals surface area contributed by atoms with E-state index in [1.165, 1.54) is 18.2 Å². The van der Waals surface area contributed by atoms with Crippen molar-refractivity contribution in [2.75, 3.05) is 6.54 Å². The van der Waals surface area contributed by atoms with E-state index >= 15 is 0 Å². The summed E-state index contributed by atoms with van der Waals surface area (Å²) in [4.78, 5) is 12.2. The van der Waals surface area contributed by atoms with Crippen LogP contribution in [-0.4, -0.2) is 28.3 Å². The third-order valence-electron chi connectivity index (χ3n) is 5.20. The van der Waals surface area contributed by atoms with E-state index in [-0.39, 0.29) is 23.6 Å². The first-order chi connectivity index (χ1) is 14.4. The number of nitrogens with zero attached hydrogens (tertiary/aromatic N) is 2. The number of halogens is 2. The fourth-order valence-electron chi connectivity index (χ4n) is 3.65. The minimum atomic E-state index is -0.367. The summed E-state index contributed by atoms with van der Waals surface area (Å²) in [6, 6.07) is 9.42. The van der Waals surface area contributed by atoms with Crippen LogP contribution >= 0.6 is 0 Å². The van der Waals surface area contributed by atoms with Gasteiger partial charge in [-0.15, -0.1) is 0 Å². The van der Waals surface area contributed by atoms with E-state index in [4.69, 9.17) is 4.74 Å². The Hall–Kier alpha value is -3.22. The first-order valence-electron chi connectivity index (χ1n) is 9.91. The first-order valence-corrected chi connectivity index (χ1v) is 9.91. The van der Waals surface area contributed by atoms with Crippen LogP contribution in [0.25, 0.3) is 11.1 Å². The van der Waals surface area contributed by atoms with Crippen molar-refractivity contribution in [1.29, 1.82) is 0 Å². The molecule has 30 heavy (non-hydrogen) atoms. The molecule has 0 saturated carbocycles. The summed E-state index contributed by atoms with van der Waals surface area (Å²) >= 11 is 0. The van der Waals surface area contributed by atoms with Gasteiger partial charge < -0.3 is 10.1 Å². The molecule has 1 aromatic heterocycles. The van der Waals surface area contributed by atoms with Gasteiger partial charge in [0.05, 0.1) is 12.2 Å². The average molecular weight is 411 g/mol. The van der Waals surface area contributed by atoms with E-state index in [1.807, 2.05) is 19.2 Å². The molecule has 1 aliphatic heterocycles. The molecule has 2 aromatic carbocycles. The predicted molar refractivity (Wildman–Crippen MR) is 109 cm³/mol. The summed E-state index contributed by atoms with van der Waals surface area (Å²) in [5.74, 6) is -0.177. The van der Waals surface area contributed by atoms with Crippen LogP contribution in [0.4, 0.5) is 8.78 Å². The third-order valence-corrected chi connectivity index (χ3v) is 5.20. The Labute approximate surface area is 173 Å². The summed E-state index contributed by atoms with van der Waals surface area (Å²) in [7, 11) is 0. The first kappa shape index (κ1) is 20.1. The van der Waals surface area contributed by atoms with Gasteiger partial charge >= 0.3 is 0 Å². The Morgan fingerprint density at radius 3 is 2.80 bits per heavy atom. The van der Waals surface area contributed by atoms with E-state index in [0.717, 1.165) is 11.3 Å². The van der Waals surface area contributed by atoms with E-state index in [0.29, 0.717) is 48.4 Å². The van der Waals surface area contributed by atoms with Gasteiger partial charge in [0.2, 0.25) is 5.91 Å². The Kier molecular flexibility index (Phi) is 5.53. The van der Waals surface area contributed by atoms with E-state index in [9.17, 15) is 13.6 Å². The van der Waals surface area contributed by atoms with Crippen LogP contribution < -0.4 is 10.1 Å². The number of nitrogens with one attached hydrogen (secondary N) is 1.